The fraction of sp³-hybridized carbons (Fsp3) is 0.300. The molecular weight excluding hydrogens is 402 g/mol. The van der Waals surface area contributed by atoms with E-state index in [1.165, 1.54) is 0 Å². The minimum atomic E-state index is -0.327. The molecule has 3 rings (SSSR count). The van der Waals surface area contributed by atoms with E-state index in [0.29, 0.717) is 29.2 Å². The van der Waals surface area contributed by atoms with Gasteiger partial charge in [-0.1, -0.05) is 5.21 Å². The molecule has 0 aliphatic heterocycles. The summed E-state index contributed by atoms with van der Waals surface area (Å²) in [5.74, 6) is 0.0934. The third-order valence-electron chi connectivity index (χ3n) is 4.24. The molecule has 0 fully saturated rings. The maximum Gasteiger partial charge on any atom is 0.274 e. The van der Waals surface area contributed by atoms with Gasteiger partial charge in [0.1, 0.15) is 0 Å². The second kappa shape index (κ2) is 9.97. The summed E-state index contributed by atoms with van der Waals surface area (Å²) in [6.45, 7) is 4.53. The van der Waals surface area contributed by atoms with E-state index >= 15 is 0 Å². The summed E-state index contributed by atoms with van der Waals surface area (Å²) in [7, 11) is 0. The Morgan fingerprint density at radius 1 is 1.07 bits per heavy atom. The van der Waals surface area contributed by atoms with Crippen molar-refractivity contribution >= 4 is 23.6 Å². The van der Waals surface area contributed by atoms with E-state index in [1.807, 2.05) is 20.1 Å². The summed E-state index contributed by atoms with van der Waals surface area (Å²) in [5.41, 5.74) is 3.70. The van der Waals surface area contributed by atoms with Gasteiger partial charge in [-0.15, -0.1) is 5.10 Å². The Balaban J connectivity index is 1.79. The Morgan fingerprint density at radius 3 is 2.47 bits per heavy atom. The molecule has 0 unspecified atom stereocenters. The number of hydrogen-bond donors (Lipinski definition) is 2. The maximum absolute atomic E-state index is 12.7. The van der Waals surface area contributed by atoms with Crippen LogP contribution in [0.2, 0.25) is 0 Å². The van der Waals surface area contributed by atoms with Crippen molar-refractivity contribution in [2.75, 3.05) is 12.8 Å². The second-order valence-corrected chi connectivity index (χ2v) is 7.33. The highest BCUT2D eigenvalue weighted by Crippen LogP contribution is 2.18. The minimum Gasteiger partial charge on any atom is -0.352 e. The molecule has 3 aromatic rings. The molecule has 2 amide bonds. The Labute approximate surface area is 178 Å². The van der Waals surface area contributed by atoms with Gasteiger partial charge in [0.05, 0.1) is 35.5 Å². The number of amides is 2. The van der Waals surface area contributed by atoms with Crippen LogP contribution >= 0.6 is 11.8 Å². The first-order chi connectivity index (χ1) is 14.5. The SMILES string of the molecule is CCNC(=O)c1ccc(-n2nnc(C(=O)NCc3cnc(C)cn3)c2CSC)cc1. The van der Waals surface area contributed by atoms with Crippen molar-refractivity contribution in [2.24, 2.45) is 0 Å². The Hall–Kier alpha value is -3.27. The van der Waals surface area contributed by atoms with Crippen molar-refractivity contribution in [3.8, 4) is 5.69 Å². The summed E-state index contributed by atoms with van der Waals surface area (Å²) in [6, 6.07) is 7.01. The van der Waals surface area contributed by atoms with Gasteiger partial charge in [-0.05, 0) is 44.4 Å². The number of aromatic nitrogens is 5. The molecule has 0 radical (unpaired) electrons. The number of nitrogens with one attached hydrogen (secondary N) is 2. The molecule has 2 N–H and O–H groups in total. The van der Waals surface area contributed by atoms with Crippen molar-refractivity contribution < 1.29 is 9.59 Å². The van der Waals surface area contributed by atoms with Gasteiger partial charge in [-0.3, -0.25) is 19.6 Å². The topological polar surface area (TPSA) is 115 Å². The van der Waals surface area contributed by atoms with E-state index < -0.39 is 0 Å². The van der Waals surface area contributed by atoms with Gasteiger partial charge in [0.15, 0.2) is 5.69 Å². The summed E-state index contributed by atoms with van der Waals surface area (Å²) < 4.78 is 1.62. The highest BCUT2D eigenvalue weighted by Gasteiger charge is 2.20. The van der Waals surface area contributed by atoms with E-state index in [2.05, 4.69) is 30.9 Å². The number of carbonyl (C=O) groups is 2. The molecule has 1 aromatic carbocycles. The molecule has 0 spiro atoms. The van der Waals surface area contributed by atoms with E-state index in [-0.39, 0.29) is 24.1 Å². The van der Waals surface area contributed by atoms with Crippen LogP contribution in [0, 0.1) is 6.92 Å². The number of rotatable bonds is 8. The lowest BCUT2D eigenvalue weighted by Crippen LogP contribution is -2.25. The lowest BCUT2D eigenvalue weighted by atomic mass is 10.2. The smallest absolute Gasteiger partial charge is 0.274 e. The van der Waals surface area contributed by atoms with Gasteiger partial charge in [0, 0.05) is 24.1 Å². The predicted octanol–water partition coefficient (Wildman–Crippen LogP) is 1.91. The predicted molar refractivity (Wildman–Crippen MR) is 115 cm³/mol. The first-order valence-electron chi connectivity index (χ1n) is 9.41. The molecule has 0 atom stereocenters. The third-order valence-corrected chi connectivity index (χ3v) is 4.80. The highest BCUT2D eigenvalue weighted by molar-refractivity contribution is 7.97. The molecule has 9 nitrogen and oxygen atoms in total. The quantitative estimate of drug-likeness (QED) is 0.566. The lowest BCUT2D eigenvalue weighted by molar-refractivity contribution is 0.0940. The average molecular weight is 426 g/mol. The Kier molecular flexibility index (Phi) is 7.12. The van der Waals surface area contributed by atoms with Gasteiger partial charge in [-0.25, -0.2) is 4.68 Å². The molecule has 0 saturated carbocycles. The van der Waals surface area contributed by atoms with Crippen molar-refractivity contribution in [3.63, 3.8) is 0 Å². The average Bonchev–Trinajstić information content (AvgIpc) is 3.17. The molecule has 0 aliphatic rings. The number of thioether (sulfide) groups is 1. The van der Waals surface area contributed by atoms with Crippen LogP contribution in [0.5, 0.6) is 0 Å². The monoisotopic (exact) mass is 425 g/mol. The first kappa shape index (κ1) is 21.4. The molecule has 30 heavy (non-hydrogen) atoms. The van der Waals surface area contributed by atoms with Crippen LogP contribution in [-0.4, -0.2) is 49.6 Å². The van der Waals surface area contributed by atoms with Crippen LogP contribution in [0.25, 0.3) is 5.69 Å². The number of benzene rings is 1. The highest BCUT2D eigenvalue weighted by atomic mass is 32.2. The number of carbonyl (C=O) groups excluding carboxylic acids is 2. The van der Waals surface area contributed by atoms with Crippen LogP contribution in [-0.2, 0) is 12.3 Å². The molecule has 0 aliphatic carbocycles. The van der Waals surface area contributed by atoms with Crippen molar-refractivity contribution in [1.29, 1.82) is 0 Å². The number of hydrogen-bond acceptors (Lipinski definition) is 7. The van der Waals surface area contributed by atoms with Gasteiger partial charge >= 0.3 is 0 Å². The fourth-order valence-corrected chi connectivity index (χ4v) is 3.27. The normalized spacial score (nSPS) is 10.6. The van der Waals surface area contributed by atoms with Gasteiger partial charge in [-0.2, -0.15) is 11.8 Å². The lowest BCUT2D eigenvalue weighted by Gasteiger charge is -2.08. The minimum absolute atomic E-state index is 0.133. The van der Waals surface area contributed by atoms with Crippen molar-refractivity contribution in [3.05, 3.63) is 65.0 Å². The van der Waals surface area contributed by atoms with E-state index in [9.17, 15) is 9.59 Å². The van der Waals surface area contributed by atoms with Crippen LogP contribution in [0.3, 0.4) is 0 Å². The van der Waals surface area contributed by atoms with Crippen molar-refractivity contribution in [1.82, 2.24) is 35.6 Å². The summed E-state index contributed by atoms with van der Waals surface area (Å²) in [4.78, 5) is 33.1. The molecular formula is C20H23N7O2S. The van der Waals surface area contributed by atoms with Crippen LogP contribution in [0.4, 0.5) is 0 Å². The Bertz CT molecular complexity index is 1020. The molecule has 10 heteroatoms. The standard InChI is InChI=1S/C20H23N7O2S/c1-4-21-19(28)14-5-7-16(8-6-14)27-17(12-30-3)18(25-26-27)20(29)24-11-15-10-22-13(2)9-23-15/h5-10H,4,11-12H2,1-3H3,(H,21,28)(H,24,29). The fourth-order valence-electron chi connectivity index (χ4n) is 2.73. The molecule has 0 bridgehead atoms. The van der Waals surface area contributed by atoms with E-state index in [4.69, 9.17) is 0 Å². The molecule has 0 saturated heterocycles. The van der Waals surface area contributed by atoms with Gasteiger partial charge in [0.25, 0.3) is 11.8 Å². The zero-order chi connectivity index (χ0) is 21.5. The van der Waals surface area contributed by atoms with Crippen LogP contribution < -0.4 is 10.6 Å². The largest absolute Gasteiger partial charge is 0.352 e. The van der Waals surface area contributed by atoms with Gasteiger partial charge in [0.2, 0.25) is 0 Å². The maximum atomic E-state index is 12.7. The third kappa shape index (κ3) is 5.01. The summed E-state index contributed by atoms with van der Waals surface area (Å²) in [6.07, 6.45) is 5.23. The van der Waals surface area contributed by atoms with Gasteiger partial charge < -0.3 is 10.6 Å². The Morgan fingerprint density at radius 2 is 1.83 bits per heavy atom. The summed E-state index contributed by atoms with van der Waals surface area (Å²) >= 11 is 1.56. The summed E-state index contributed by atoms with van der Waals surface area (Å²) in [5, 5.41) is 13.8. The first-order valence-corrected chi connectivity index (χ1v) is 10.8. The molecule has 2 heterocycles. The van der Waals surface area contributed by atoms with Crippen LogP contribution in [0.15, 0.2) is 36.7 Å². The van der Waals surface area contributed by atoms with Crippen LogP contribution in [0.1, 0.15) is 44.9 Å². The van der Waals surface area contributed by atoms with E-state index in [0.717, 1.165) is 11.4 Å². The van der Waals surface area contributed by atoms with Crippen molar-refractivity contribution in [2.45, 2.75) is 26.1 Å². The van der Waals surface area contributed by atoms with E-state index in [1.54, 1.807) is 53.1 Å². The molecule has 2 aromatic heterocycles. The molecule has 156 valence electrons. The number of aryl methyl sites for hydroxylation is 1. The zero-order valence-corrected chi connectivity index (χ0v) is 17.9. The number of nitrogens with zero attached hydrogens (tertiary/aromatic N) is 5. The second-order valence-electron chi connectivity index (χ2n) is 6.47. The zero-order valence-electron chi connectivity index (χ0n) is 17.0.